The van der Waals surface area contributed by atoms with Crippen molar-refractivity contribution in [3.05, 3.63) is 0 Å². The van der Waals surface area contributed by atoms with Gasteiger partial charge in [-0.3, -0.25) is 4.79 Å². The summed E-state index contributed by atoms with van der Waals surface area (Å²) in [5.74, 6) is -0.0554. The molecule has 1 saturated carbocycles. The van der Waals surface area contributed by atoms with E-state index < -0.39 is 5.97 Å². The highest BCUT2D eigenvalue weighted by atomic mass is 16.5. The van der Waals surface area contributed by atoms with Crippen molar-refractivity contribution < 1.29 is 19.4 Å². The molecule has 2 unspecified atom stereocenters. The second kappa shape index (κ2) is 6.92. The van der Waals surface area contributed by atoms with Crippen molar-refractivity contribution in [2.24, 2.45) is 11.8 Å². The molecule has 0 bridgehead atoms. The van der Waals surface area contributed by atoms with Crippen LogP contribution in [0.25, 0.3) is 0 Å². The molecule has 0 spiro atoms. The maximum Gasteiger partial charge on any atom is 0.409 e. The molecular formula is C14H24N2O4. The first-order valence-corrected chi connectivity index (χ1v) is 7.36. The summed E-state index contributed by atoms with van der Waals surface area (Å²) in [4.78, 5) is 24.2. The smallest absolute Gasteiger partial charge is 0.409 e. The minimum atomic E-state index is -0.806. The summed E-state index contributed by atoms with van der Waals surface area (Å²) in [6.45, 7) is 2.05. The van der Waals surface area contributed by atoms with Gasteiger partial charge >= 0.3 is 12.1 Å². The zero-order chi connectivity index (χ0) is 14.5. The van der Waals surface area contributed by atoms with Gasteiger partial charge in [-0.15, -0.1) is 0 Å². The molecule has 2 rings (SSSR count). The number of nitrogens with zero attached hydrogens (tertiary/aromatic N) is 1. The number of carboxylic acids is 1. The minimum Gasteiger partial charge on any atom is -0.481 e. The fourth-order valence-corrected chi connectivity index (χ4v) is 3.05. The van der Waals surface area contributed by atoms with Crippen LogP contribution in [0.15, 0.2) is 0 Å². The van der Waals surface area contributed by atoms with E-state index in [9.17, 15) is 9.59 Å². The second-order valence-corrected chi connectivity index (χ2v) is 5.98. The standard InChI is InChI=1S/C14H24N2O4/c1-20-14(19)16-8-11(6-13(17)18)5-12(9-16)15-7-10-3-2-4-10/h10-12,15H,2-9H2,1H3,(H,17,18). The van der Waals surface area contributed by atoms with Crippen molar-refractivity contribution in [2.75, 3.05) is 26.7 Å². The quantitative estimate of drug-likeness (QED) is 0.795. The molecule has 114 valence electrons. The Bertz CT molecular complexity index is 357. The molecule has 2 fully saturated rings. The maximum absolute atomic E-state index is 11.7. The van der Waals surface area contributed by atoms with Crippen molar-refractivity contribution in [3.63, 3.8) is 0 Å². The molecule has 1 aliphatic carbocycles. The Morgan fingerprint density at radius 1 is 1.30 bits per heavy atom. The van der Waals surface area contributed by atoms with Gasteiger partial charge in [0.15, 0.2) is 0 Å². The van der Waals surface area contributed by atoms with Crippen molar-refractivity contribution in [2.45, 2.75) is 38.1 Å². The Balaban J connectivity index is 1.87. The van der Waals surface area contributed by atoms with E-state index in [-0.39, 0.29) is 24.5 Å². The fourth-order valence-electron chi connectivity index (χ4n) is 3.05. The number of methoxy groups -OCH3 is 1. The zero-order valence-corrected chi connectivity index (χ0v) is 12.0. The topological polar surface area (TPSA) is 78.9 Å². The van der Waals surface area contributed by atoms with E-state index >= 15 is 0 Å². The predicted octanol–water partition coefficient (Wildman–Crippen LogP) is 1.31. The third kappa shape index (κ3) is 4.10. The Morgan fingerprint density at radius 2 is 2.05 bits per heavy atom. The Morgan fingerprint density at radius 3 is 2.60 bits per heavy atom. The zero-order valence-electron chi connectivity index (χ0n) is 12.0. The number of nitrogens with one attached hydrogen (secondary N) is 1. The molecule has 1 amide bonds. The average molecular weight is 284 g/mol. The number of carbonyl (C=O) groups is 2. The highest BCUT2D eigenvalue weighted by Crippen LogP contribution is 2.26. The third-order valence-corrected chi connectivity index (χ3v) is 4.35. The molecule has 0 radical (unpaired) electrons. The van der Waals surface area contributed by atoms with Crippen LogP contribution in [0.2, 0.25) is 0 Å². The van der Waals surface area contributed by atoms with E-state index in [2.05, 4.69) is 5.32 Å². The van der Waals surface area contributed by atoms with Crippen molar-refractivity contribution in [1.29, 1.82) is 0 Å². The summed E-state index contributed by atoms with van der Waals surface area (Å²) in [5.41, 5.74) is 0. The highest BCUT2D eigenvalue weighted by molar-refractivity contribution is 5.69. The van der Waals surface area contributed by atoms with Crippen LogP contribution in [0.5, 0.6) is 0 Å². The van der Waals surface area contributed by atoms with Gasteiger partial charge in [-0.2, -0.15) is 0 Å². The molecule has 2 atom stereocenters. The van der Waals surface area contributed by atoms with Gasteiger partial charge in [-0.25, -0.2) is 4.79 Å². The molecule has 20 heavy (non-hydrogen) atoms. The molecule has 1 heterocycles. The number of rotatable bonds is 5. The molecule has 2 aliphatic rings. The first-order valence-electron chi connectivity index (χ1n) is 7.36. The Kier molecular flexibility index (Phi) is 5.23. The Labute approximate surface area is 119 Å². The molecule has 2 N–H and O–H groups in total. The van der Waals surface area contributed by atoms with Crippen molar-refractivity contribution in [3.8, 4) is 0 Å². The maximum atomic E-state index is 11.7. The fraction of sp³-hybridized carbons (Fsp3) is 0.857. The van der Waals surface area contributed by atoms with Gasteiger partial charge in [0, 0.05) is 25.6 Å². The van der Waals surface area contributed by atoms with E-state index in [1.54, 1.807) is 4.90 Å². The summed E-state index contributed by atoms with van der Waals surface area (Å²) < 4.78 is 4.76. The summed E-state index contributed by atoms with van der Waals surface area (Å²) in [5, 5.41) is 12.4. The largest absolute Gasteiger partial charge is 0.481 e. The van der Waals surface area contributed by atoms with Gasteiger partial charge in [0.25, 0.3) is 0 Å². The lowest BCUT2D eigenvalue weighted by atomic mass is 9.84. The van der Waals surface area contributed by atoms with Gasteiger partial charge < -0.3 is 20.1 Å². The van der Waals surface area contributed by atoms with Crippen LogP contribution in [0.3, 0.4) is 0 Å². The van der Waals surface area contributed by atoms with E-state index in [0.29, 0.717) is 13.1 Å². The number of amides is 1. The average Bonchev–Trinajstić information content (AvgIpc) is 2.35. The van der Waals surface area contributed by atoms with Gasteiger partial charge in [-0.1, -0.05) is 6.42 Å². The summed E-state index contributed by atoms with van der Waals surface area (Å²) in [6, 6.07) is 0.174. The van der Waals surface area contributed by atoms with Gasteiger partial charge in [0.05, 0.1) is 7.11 Å². The minimum absolute atomic E-state index is 0.000703. The first-order chi connectivity index (χ1) is 9.58. The van der Waals surface area contributed by atoms with Crippen LogP contribution in [0.4, 0.5) is 4.79 Å². The normalized spacial score (nSPS) is 26.9. The second-order valence-electron chi connectivity index (χ2n) is 5.98. The van der Waals surface area contributed by atoms with E-state index in [0.717, 1.165) is 18.9 Å². The highest BCUT2D eigenvalue weighted by Gasteiger charge is 2.32. The number of carboxylic acid groups (broad SMARTS) is 1. The van der Waals surface area contributed by atoms with Crippen LogP contribution in [0.1, 0.15) is 32.1 Å². The summed E-state index contributed by atoms with van der Waals surface area (Å²) in [6.07, 6.45) is 4.42. The molecule has 1 aliphatic heterocycles. The molecule has 0 aromatic heterocycles. The van der Waals surface area contributed by atoms with Crippen molar-refractivity contribution >= 4 is 12.1 Å². The molecule has 1 saturated heterocycles. The van der Waals surface area contributed by atoms with E-state index in [1.807, 2.05) is 0 Å². The van der Waals surface area contributed by atoms with E-state index in [4.69, 9.17) is 9.84 Å². The number of carbonyl (C=O) groups excluding carboxylic acids is 1. The number of aliphatic carboxylic acids is 1. The van der Waals surface area contributed by atoms with Crippen molar-refractivity contribution in [1.82, 2.24) is 10.2 Å². The molecule has 6 nitrogen and oxygen atoms in total. The number of hydrogen-bond donors (Lipinski definition) is 2. The Hall–Kier alpha value is -1.30. The number of likely N-dealkylation sites (tertiary alicyclic amines) is 1. The molecular weight excluding hydrogens is 260 g/mol. The lowest BCUT2D eigenvalue weighted by molar-refractivity contribution is -0.138. The van der Waals surface area contributed by atoms with Crippen LogP contribution in [-0.2, 0) is 9.53 Å². The van der Waals surface area contributed by atoms with Gasteiger partial charge in [0.2, 0.25) is 0 Å². The SMILES string of the molecule is COC(=O)N1CC(CC(=O)O)CC(NCC2CCC2)C1. The van der Waals surface area contributed by atoms with Crippen LogP contribution >= 0.6 is 0 Å². The molecule has 6 heteroatoms. The van der Waals surface area contributed by atoms with E-state index in [1.165, 1.54) is 26.4 Å². The van der Waals surface area contributed by atoms with Gasteiger partial charge in [0.1, 0.15) is 0 Å². The lowest BCUT2D eigenvalue weighted by Crippen LogP contribution is -2.52. The number of hydrogen-bond acceptors (Lipinski definition) is 4. The first kappa shape index (κ1) is 15.1. The summed E-state index contributed by atoms with van der Waals surface area (Å²) in [7, 11) is 1.36. The molecule has 0 aromatic carbocycles. The number of piperidine rings is 1. The van der Waals surface area contributed by atoms with Gasteiger partial charge in [-0.05, 0) is 37.6 Å². The monoisotopic (exact) mass is 284 g/mol. The van der Waals surface area contributed by atoms with Crippen LogP contribution in [-0.4, -0.2) is 54.9 Å². The lowest BCUT2D eigenvalue weighted by Gasteiger charge is -2.38. The third-order valence-electron chi connectivity index (χ3n) is 4.35. The summed E-state index contributed by atoms with van der Waals surface area (Å²) >= 11 is 0. The van der Waals surface area contributed by atoms with Crippen LogP contribution in [0, 0.1) is 11.8 Å². The van der Waals surface area contributed by atoms with Crippen LogP contribution < -0.4 is 5.32 Å². The predicted molar refractivity (Wildman–Crippen MR) is 73.5 cm³/mol. The number of ether oxygens (including phenoxy) is 1. The molecule has 0 aromatic rings.